The average molecular weight is 336 g/mol. The summed E-state index contributed by atoms with van der Waals surface area (Å²) in [7, 11) is 0. The number of amides is 2. The molecule has 1 N–H and O–H groups in total. The van der Waals surface area contributed by atoms with Gasteiger partial charge in [-0.3, -0.25) is 14.5 Å². The minimum absolute atomic E-state index is 0.0393. The van der Waals surface area contributed by atoms with Gasteiger partial charge >= 0.3 is 0 Å². The van der Waals surface area contributed by atoms with Gasteiger partial charge in [-0.05, 0) is 43.7 Å². The van der Waals surface area contributed by atoms with Crippen LogP contribution in [-0.4, -0.2) is 34.8 Å². The van der Waals surface area contributed by atoms with Crippen molar-refractivity contribution in [3.63, 3.8) is 0 Å². The quantitative estimate of drug-likeness (QED) is 0.669. The topological polar surface area (TPSA) is 86.1 Å². The van der Waals surface area contributed by atoms with Crippen LogP contribution < -0.4 is 5.32 Å². The lowest BCUT2D eigenvalue weighted by Crippen LogP contribution is -2.36. The Morgan fingerprint density at radius 1 is 1.24 bits per heavy atom. The zero-order chi connectivity index (χ0) is 17.7. The molecule has 0 unspecified atom stereocenters. The smallest absolute Gasteiger partial charge is 0.233 e. The minimum Gasteiger partial charge on any atom is -0.367 e. The summed E-state index contributed by atoms with van der Waals surface area (Å²) in [6.07, 6.45) is 5.13. The maximum absolute atomic E-state index is 12.6. The first-order chi connectivity index (χ1) is 12.0. The van der Waals surface area contributed by atoms with Gasteiger partial charge in [-0.25, -0.2) is 4.98 Å². The Hall–Kier alpha value is -2.68. The largest absolute Gasteiger partial charge is 0.367 e. The van der Waals surface area contributed by atoms with Gasteiger partial charge in [0.2, 0.25) is 11.8 Å². The maximum atomic E-state index is 12.6. The van der Waals surface area contributed by atoms with Crippen molar-refractivity contribution in [3.05, 3.63) is 35.0 Å². The number of anilines is 1. The highest BCUT2D eigenvalue weighted by molar-refractivity contribution is 6.06. The van der Waals surface area contributed by atoms with Gasteiger partial charge in [-0.1, -0.05) is 12.2 Å². The summed E-state index contributed by atoms with van der Waals surface area (Å²) >= 11 is 0. The number of likely N-dealkylation sites (tertiary alicyclic amines) is 1. The van der Waals surface area contributed by atoms with Crippen molar-refractivity contribution in [2.24, 2.45) is 23.7 Å². The number of rotatable bonds is 4. The first-order valence-corrected chi connectivity index (χ1v) is 8.67. The zero-order valence-electron chi connectivity index (χ0n) is 14.3. The third kappa shape index (κ3) is 2.34. The molecule has 2 fully saturated rings. The molecule has 2 amide bonds. The SMILES string of the molecule is Cc1cc(C)c(C#N)c(NCCN2C(=O)[C@@H]3[C@@H](C2=O)[C@H]2C=C[C@H]3C2)n1. The van der Waals surface area contributed by atoms with Crippen LogP contribution in [0, 0.1) is 48.9 Å². The van der Waals surface area contributed by atoms with E-state index in [9.17, 15) is 14.9 Å². The fourth-order valence-electron chi connectivity index (χ4n) is 4.58. The second-order valence-corrected chi connectivity index (χ2v) is 7.17. The van der Waals surface area contributed by atoms with E-state index >= 15 is 0 Å². The van der Waals surface area contributed by atoms with E-state index in [0.717, 1.165) is 17.7 Å². The van der Waals surface area contributed by atoms with Crippen LogP contribution in [0.15, 0.2) is 18.2 Å². The second-order valence-electron chi connectivity index (χ2n) is 7.17. The third-order valence-corrected chi connectivity index (χ3v) is 5.65. The number of nitriles is 1. The van der Waals surface area contributed by atoms with E-state index in [-0.39, 0.29) is 35.5 Å². The van der Waals surface area contributed by atoms with Crippen LogP contribution in [0.25, 0.3) is 0 Å². The number of aryl methyl sites for hydroxylation is 2. The van der Waals surface area contributed by atoms with Crippen LogP contribution in [0.5, 0.6) is 0 Å². The number of hydrogen-bond donors (Lipinski definition) is 1. The molecule has 4 rings (SSSR count). The Kier molecular flexibility index (Phi) is 3.60. The summed E-state index contributed by atoms with van der Waals surface area (Å²) in [6.45, 7) is 4.45. The van der Waals surface area contributed by atoms with Gasteiger partial charge in [-0.2, -0.15) is 5.26 Å². The molecule has 6 nitrogen and oxygen atoms in total. The number of carbonyl (C=O) groups is 2. The van der Waals surface area contributed by atoms with E-state index < -0.39 is 0 Å². The van der Waals surface area contributed by atoms with Gasteiger partial charge in [0.15, 0.2) is 0 Å². The predicted molar refractivity (Wildman–Crippen MR) is 91.4 cm³/mol. The van der Waals surface area contributed by atoms with E-state index in [1.54, 1.807) is 0 Å². The molecule has 6 heteroatoms. The molecule has 128 valence electrons. The van der Waals surface area contributed by atoms with E-state index in [4.69, 9.17) is 0 Å². The molecule has 4 atom stereocenters. The monoisotopic (exact) mass is 336 g/mol. The normalized spacial score (nSPS) is 29.2. The number of allylic oxidation sites excluding steroid dienone is 2. The average Bonchev–Trinajstić information content (AvgIpc) is 3.23. The van der Waals surface area contributed by atoms with Crippen molar-refractivity contribution in [2.75, 3.05) is 18.4 Å². The zero-order valence-corrected chi connectivity index (χ0v) is 14.3. The molecule has 2 aliphatic carbocycles. The summed E-state index contributed by atoms with van der Waals surface area (Å²) in [5.41, 5.74) is 2.19. The lowest BCUT2D eigenvalue weighted by atomic mass is 9.85. The van der Waals surface area contributed by atoms with Gasteiger partial charge in [0.25, 0.3) is 0 Å². The van der Waals surface area contributed by atoms with Crippen LogP contribution in [-0.2, 0) is 9.59 Å². The molecule has 1 saturated carbocycles. The molecule has 2 bridgehead atoms. The van der Waals surface area contributed by atoms with Crippen molar-refractivity contribution in [2.45, 2.75) is 20.3 Å². The molecule has 25 heavy (non-hydrogen) atoms. The molecule has 3 aliphatic rings. The second kappa shape index (κ2) is 5.69. The molecule has 1 aromatic heterocycles. The standard InChI is InChI=1S/C19H20N4O2/c1-10-7-11(2)22-17(14(10)9-20)21-5-6-23-18(24)15-12-3-4-13(8-12)16(15)19(23)25/h3-4,7,12-13,15-16H,5-6,8H2,1-2H3,(H,21,22)/t12-,13-,15-,16-/m0/s1. The van der Waals surface area contributed by atoms with E-state index in [1.807, 2.05) is 19.9 Å². The Morgan fingerprint density at radius 2 is 1.88 bits per heavy atom. The van der Waals surface area contributed by atoms with Crippen molar-refractivity contribution in [1.82, 2.24) is 9.88 Å². The van der Waals surface area contributed by atoms with Crippen molar-refractivity contribution >= 4 is 17.6 Å². The highest BCUT2D eigenvalue weighted by Gasteiger charge is 2.58. The van der Waals surface area contributed by atoms with Crippen LogP contribution >= 0.6 is 0 Å². The molecule has 0 aromatic carbocycles. The van der Waals surface area contributed by atoms with Crippen molar-refractivity contribution in [3.8, 4) is 6.07 Å². The number of nitrogens with one attached hydrogen (secondary N) is 1. The summed E-state index contributed by atoms with van der Waals surface area (Å²) in [6, 6.07) is 4.02. The molecule has 1 aliphatic heterocycles. The number of aromatic nitrogens is 1. The van der Waals surface area contributed by atoms with E-state index in [2.05, 4.69) is 28.5 Å². The number of hydrogen-bond acceptors (Lipinski definition) is 5. The number of pyridine rings is 1. The summed E-state index contributed by atoms with van der Waals surface area (Å²) in [5.74, 6) is 0.588. The summed E-state index contributed by atoms with van der Waals surface area (Å²) in [5, 5.41) is 12.4. The van der Waals surface area contributed by atoms with Gasteiger partial charge in [0.05, 0.1) is 17.4 Å². The molecule has 1 aromatic rings. The van der Waals surface area contributed by atoms with E-state index in [0.29, 0.717) is 24.5 Å². The molecule has 1 saturated heterocycles. The summed E-state index contributed by atoms with van der Waals surface area (Å²) in [4.78, 5) is 31.0. The van der Waals surface area contributed by atoms with E-state index in [1.165, 1.54) is 4.90 Å². The molecular formula is C19H20N4O2. The Bertz CT molecular complexity index is 809. The Balaban J connectivity index is 1.45. The van der Waals surface area contributed by atoms with Gasteiger partial charge in [0, 0.05) is 18.8 Å². The Morgan fingerprint density at radius 3 is 2.48 bits per heavy atom. The number of carbonyl (C=O) groups excluding carboxylic acids is 2. The van der Waals surface area contributed by atoms with Gasteiger partial charge in [-0.15, -0.1) is 0 Å². The Labute approximate surface area is 146 Å². The van der Waals surface area contributed by atoms with Crippen LogP contribution in [0.3, 0.4) is 0 Å². The number of fused-ring (bicyclic) bond motifs is 5. The first-order valence-electron chi connectivity index (χ1n) is 8.67. The van der Waals surface area contributed by atoms with Gasteiger partial charge in [0.1, 0.15) is 11.9 Å². The lowest BCUT2D eigenvalue weighted by Gasteiger charge is -2.18. The molecule has 0 radical (unpaired) electrons. The third-order valence-electron chi connectivity index (χ3n) is 5.65. The highest BCUT2D eigenvalue weighted by atomic mass is 16.2. The predicted octanol–water partition coefficient (Wildman–Crippen LogP) is 1.79. The highest BCUT2D eigenvalue weighted by Crippen LogP contribution is 2.52. The van der Waals surface area contributed by atoms with Crippen molar-refractivity contribution < 1.29 is 9.59 Å². The van der Waals surface area contributed by atoms with Crippen molar-refractivity contribution in [1.29, 1.82) is 5.26 Å². The maximum Gasteiger partial charge on any atom is 0.233 e. The number of imide groups is 1. The number of nitrogens with zero attached hydrogens (tertiary/aromatic N) is 3. The van der Waals surface area contributed by atoms with Crippen LogP contribution in [0.1, 0.15) is 23.2 Å². The molecule has 2 heterocycles. The molecular weight excluding hydrogens is 316 g/mol. The van der Waals surface area contributed by atoms with Crippen LogP contribution in [0.2, 0.25) is 0 Å². The fourth-order valence-corrected chi connectivity index (χ4v) is 4.58. The van der Waals surface area contributed by atoms with Gasteiger partial charge < -0.3 is 5.32 Å². The summed E-state index contributed by atoms with van der Waals surface area (Å²) < 4.78 is 0. The molecule has 0 spiro atoms. The first kappa shape index (κ1) is 15.8. The minimum atomic E-state index is -0.156. The lowest BCUT2D eigenvalue weighted by molar-refractivity contribution is -0.140. The fraction of sp³-hybridized carbons (Fsp3) is 0.474. The van der Waals surface area contributed by atoms with Crippen LogP contribution in [0.4, 0.5) is 5.82 Å².